The average molecular weight is 264 g/mol. The molecule has 0 fully saturated rings. The number of rotatable bonds is 9. The van der Waals surface area contributed by atoms with Crippen molar-refractivity contribution in [3.63, 3.8) is 0 Å². The van der Waals surface area contributed by atoms with Gasteiger partial charge in [0.05, 0.1) is 6.42 Å². The van der Waals surface area contributed by atoms with Crippen molar-refractivity contribution in [1.29, 1.82) is 0 Å². The molecule has 2 unspecified atom stereocenters. The van der Waals surface area contributed by atoms with Crippen molar-refractivity contribution < 1.29 is 9.90 Å². The van der Waals surface area contributed by atoms with Crippen LogP contribution < -0.4 is 11.1 Å². The van der Waals surface area contributed by atoms with Crippen molar-refractivity contribution in [2.45, 2.75) is 38.6 Å². The van der Waals surface area contributed by atoms with E-state index in [1.165, 1.54) is 0 Å². The van der Waals surface area contributed by atoms with Gasteiger partial charge in [0.15, 0.2) is 0 Å². The number of carboxylic acid groups (broad SMARTS) is 1. The highest BCUT2D eigenvalue weighted by Crippen LogP contribution is 2.14. The van der Waals surface area contributed by atoms with E-state index in [4.69, 9.17) is 10.8 Å². The first-order chi connectivity index (χ1) is 9.08. The summed E-state index contributed by atoms with van der Waals surface area (Å²) < 4.78 is 0. The van der Waals surface area contributed by atoms with Crippen LogP contribution in [0.1, 0.15) is 32.6 Å². The van der Waals surface area contributed by atoms with E-state index < -0.39 is 5.97 Å². The zero-order valence-corrected chi connectivity index (χ0v) is 11.5. The summed E-state index contributed by atoms with van der Waals surface area (Å²) in [6, 6.07) is 9.89. The molecule has 0 aliphatic rings. The zero-order chi connectivity index (χ0) is 14.1. The number of carbonyl (C=O) groups is 1. The highest BCUT2D eigenvalue weighted by molar-refractivity contribution is 5.67. The second kappa shape index (κ2) is 8.53. The summed E-state index contributed by atoms with van der Waals surface area (Å²) in [6.45, 7) is 3.06. The van der Waals surface area contributed by atoms with Gasteiger partial charge in [-0.1, -0.05) is 25.1 Å². The number of aliphatic carboxylic acids is 1. The molecular formula is C15H24N2O2. The molecule has 0 saturated carbocycles. The van der Waals surface area contributed by atoms with E-state index in [0.29, 0.717) is 5.92 Å². The van der Waals surface area contributed by atoms with E-state index in [1.807, 2.05) is 30.3 Å². The number of hydrogen-bond acceptors (Lipinski definition) is 3. The lowest BCUT2D eigenvalue weighted by Gasteiger charge is -2.16. The van der Waals surface area contributed by atoms with Crippen molar-refractivity contribution >= 4 is 11.7 Å². The van der Waals surface area contributed by atoms with Gasteiger partial charge in [-0.15, -0.1) is 0 Å². The molecule has 0 saturated heterocycles. The SMILES string of the molecule is CC(CCCNc1ccccc1)CC(N)CC(=O)O. The third kappa shape index (κ3) is 7.47. The van der Waals surface area contributed by atoms with Crippen LogP contribution >= 0.6 is 0 Å². The fourth-order valence-corrected chi connectivity index (χ4v) is 2.18. The third-order valence-corrected chi connectivity index (χ3v) is 3.12. The van der Waals surface area contributed by atoms with Gasteiger partial charge in [0.1, 0.15) is 0 Å². The summed E-state index contributed by atoms with van der Waals surface area (Å²) in [6.07, 6.45) is 2.97. The van der Waals surface area contributed by atoms with Gasteiger partial charge >= 0.3 is 5.97 Å². The summed E-state index contributed by atoms with van der Waals surface area (Å²) in [4.78, 5) is 10.5. The number of benzene rings is 1. The van der Waals surface area contributed by atoms with E-state index >= 15 is 0 Å². The highest BCUT2D eigenvalue weighted by atomic mass is 16.4. The average Bonchev–Trinajstić information content (AvgIpc) is 2.35. The Kier molecular flexibility index (Phi) is 6.97. The Labute approximate surface area is 115 Å². The molecule has 4 nitrogen and oxygen atoms in total. The molecule has 4 heteroatoms. The van der Waals surface area contributed by atoms with Crippen molar-refractivity contribution in [2.75, 3.05) is 11.9 Å². The third-order valence-electron chi connectivity index (χ3n) is 3.12. The smallest absolute Gasteiger partial charge is 0.304 e. The summed E-state index contributed by atoms with van der Waals surface area (Å²) in [7, 11) is 0. The Morgan fingerprint density at radius 2 is 2.05 bits per heavy atom. The lowest BCUT2D eigenvalue weighted by atomic mass is 9.96. The molecule has 0 aliphatic carbocycles. The number of nitrogens with one attached hydrogen (secondary N) is 1. The van der Waals surface area contributed by atoms with Crippen LogP contribution in [0.3, 0.4) is 0 Å². The summed E-state index contributed by atoms with van der Waals surface area (Å²) >= 11 is 0. The lowest BCUT2D eigenvalue weighted by Crippen LogP contribution is -2.26. The van der Waals surface area contributed by atoms with E-state index in [9.17, 15) is 4.79 Å². The van der Waals surface area contributed by atoms with Crippen LogP contribution in [0.15, 0.2) is 30.3 Å². The molecule has 0 aromatic heterocycles. The van der Waals surface area contributed by atoms with E-state index in [1.54, 1.807) is 0 Å². The molecule has 4 N–H and O–H groups in total. The molecule has 1 aromatic carbocycles. The number of hydrogen-bond donors (Lipinski definition) is 3. The monoisotopic (exact) mass is 264 g/mol. The van der Waals surface area contributed by atoms with Gasteiger partial charge in [-0.3, -0.25) is 4.79 Å². The molecule has 0 spiro atoms. The number of anilines is 1. The van der Waals surface area contributed by atoms with Gasteiger partial charge in [0, 0.05) is 18.3 Å². The first kappa shape index (κ1) is 15.5. The maximum atomic E-state index is 10.5. The Morgan fingerprint density at radius 3 is 2.68 bits per heavy atom. The van der Waals surface area contributed by atoms with E-state index in [2.05, 4.69) is 12.2 Å². The molecule has 0 heterocycles. The predicted octanol–water partition coefficient (Wildman–Crippen LogP) is 2.71. The van der Waals surface area contributed by atoms with Crippen LogP contribution in [0, 0.1) is 5.92 Å². The molecule has 106 valence electrons. The van der Waals surface area contributed by atoms with Crippen LogP contribution in [0.5, 0.6) is 0 Å². The largest absolute Gasteiger partial charge is 0.481 e. The lowest BCUT2D eigenvalue weighted by molar-refractivity contribution is -0.137. The van der Waals surface area contributed by atoms with Gasteiger partial charge in [0.25, 0.3) is 0 Å². The quantitative estimate of drug-likeness (QED) is 0.599. The summed E-state index contributed by atoms with van der Waals surface area (Å²) in [5.41, 5.74) is 6.91. The van der Waals surface area contributed by atoms with Crippen molar-refractivity contribution in [3.05, 3.63) is 30.3 Å². The molecule has 0 radical (unpaired) electrons. The van der Waals surface area contributed by atoms with Crippen LogP contribution in [0.4, 0.5) is 5.69 Å². The number of nitrogens with two attached hydrogens (primary N) is 1. The standard InChI is InChI=1S/C15H24N2O2/c1-12(10-13(16)11-15(18)19)6-5-9-17-14-7-3-2-4-8-14/h2-4,7-8,12-13,17H,5-6,9-11,16H2,1H3,(H,18,19). The van der Waals surface area contributed by atoms with Crippen molar-refractivity contribution in [3.8, 4) is 0 Å². The Hall–Kier alpha value is -1.55. The van der Waals surface area contributed by atoms with Crippen molar-refractivity contribution in [1.82, 2.24) is 0 Å². The molecule has 1 rings (SSSR count). The molecule has 19 heavy (non-hydrogen) atoms. The fraction of sp³-hybridized carbons (Fsp3) is 0.533. The normalized spacial score (nSPS) is 13.8. The van der Waals surface area contributed by atoms with E-state index in [-0.39, 0.29) is 12.5 Å². The molecule has 0 aliphatic heterocycles. The Bertz CT molecular complexity index is 368. The van der Waals surface area contributed by atoms with Gasteiger partial charge in [-0.05, 0) is 37.3 Å². The topological polar surface area (TPSA) is 75.3 Å². The van der Waals surface area contributed by atoms with Gasteiger partial charge in [-0.25, -0.2) is 0 Å². The summed E-state index contributed by atoms with van der Waals surface area (Å²) in [5.74, 6) is -0.350. The minimum atomic E-state index is -0.814. The second-order valence-corrected chi connectivity index (χ2v) is 5.13. The maximum absolute atomic E-state index is 10.5. The van der Waals surface area contributed by atoms with Crippen LogP contribution in [-0.2, 0) is 4.79 Å². The Balaban J connectivity index is 2.10. The number of carboxylic acids is 1. The molecule has 0 bridgehead atoms. The molecule has 0 amide bonds. The Morgan fingerprint density at radius 1 is 1.37 bits per heavy atom. The van der Waals surface area contributed by atoms with Gasteiger partial charge in [0.2, 0.25) is 0 Å². The predicted molar refractivity (Wildman–Crippen MR) is 78.2 cm³/mol. The maximum Gasteiger partial charge on any atom is 0.304 e. The van der Waals surface area contributed by atoms with Crippen LogP contribution in [-0.4, -0.2) is 23.7 Å². The first-order valence-electron chi connectivity index (χ1n) is 6.84. The fourth-order valence-electron chi connectivity index (χ4n) is 2.18. The minimum absolute atomic E-state index is 0.0621. The van der Waals surface area contributed by atoms with E-state index in [0.717, 1.165) is 31.5 Å². The van der Waals surface area contributed by atoms with Gasteiger partial charge < -0.3 is 16.2 Å². The molecule has 1 aromatic rings. The summed E-state index contributed by atoms with van der Waals surface area (Å²) in [5, 5.41) is 12.0. The first-order valence-corrected chi connectivity index (χ1v) is 6.84. The number of para-hydroxylation sites is 1. The molecular weight excluding hydrogens is 240 g/mol. The molecule has 2 atom stereocenters. The highest BCUT2D eigenvalue weighted by Gasteiger charge is 2.12. The van der Waals surface area contributed by atoms with Gasteiger partial charge in [-0.2, -0.15) is 0 Å². The second-order valence-electron chi connectivity index (χ2n) is 5.13. The van der Waals surface area contributed by atoms with Crippen LogP contribution in [0.25, 0.3) is 0 Å². The van der Waals surface area contributed by atoms with Crippen molar-refractivity contribution in [2.24, 2.45) is 11.7 Å². The zero-order valence-electron chi connectivity index (χ0n) is 11.5. The minimum Gasteiger partial charge on any atom is -0.481 e. The van der Waals surface area contributed by atoms with Crippen LogP contribution in [0.2, 0.25) is 0 Å².